The van der Waals surface area contributed by atoms with E-state index in [1.165, 1.54) is 19.3 Å². The number of aliphatic carboxylic acids is 1. The number of nitrogens with one attached hydrogen (secondary N) is 1. The quantitative estimate of drug-likeness (QED) is 0.728. The van der Waals surface area contributed by atoms with Crippen molar-refractivity contribution in [3.63, 3.8) is 0 Å². The molecule has 5 nitrogen and oxygen atoms in total. The molecule has 0 spiro atoms. The van der Waals surface area contributed by atoms with Crippen LogP contribution in [0.5, 0.6) is 0 Å². The second-order valence-electron chi connectivity index (χ2n) is 7.88. The number of rotatable bonds is 3. The lowest BCUT2D eigenvalue weighted by Crippen LogP contribution is -2.49. The van der Waals surface area contributed by atoms with Crippen LogP contribution in [-0.2, 0) is 4.79 Å². The van der Waals surface area contributed by atoms with Gasteiger partial charge in [-0.05, 0) is 56.3 Å². The molecule has 1 saturated heterocycles. The SMILES string of the molecule is NCCN1CCNCC1.O=C(O)C12CC3CC(CC(C3)C1)C2. The minimum absolute atomic E-state index is 0.283. The van der Waals surface area contributed by atoms with Gasteiger partial charge in [-0.2, -0.15) is 0 Å². The smallest absolute Gasteiger partial charge is 0.309 e. The molecule has 5 fully saturated rings. The number of carboxylic acids is 1. The molecule has 0 aromatic rings. The maximum Gasteiger partial charge on any atom is 0.309 e. The highest BCUT2D eigenvalue weighted by molar-refractivity contribution is 5.75. The molecule has 4 aliphatic carbocycles. The highest BCUT2D eigenvalue weighted by Crippen LogP contribution is 2.59. The van der Waals surface area contributed by atoms with Crippen molar-refractivity contribution in [2.45, 2.75) is 38.5 Å². The van der Waals surface area contributed by atoms with E-state index in [0.717, 1.165) is 76.3 Å². The Balaban J connectivity index is 0.000000142. The standard InChI is InChI=1S/C11H16O2.C6H15N3/c12-10(13)11-4-7-1-8(5-11)3-9(2-7)6-11;7-1-4-9-5-2-8-3-6-9/h7-9H,1-6H2,(H,12,13);8H,1-7H2. The number of piperazine rings is 1. The van der Waals surface area contributed by atoms with Crippen molar-refractivity contribution in [3.8, 4) is 0 Å². The zero-order valence-electron chi connectivity index (χ0n) is 13.6. The van der Waals surface area contributed by atoms with Crippen LogP contribution in [0.4, 0.5) is 0 Å². The molecule has 1 aliphatic heterocycles. The lowest BCUT2D eigenvalue weighted by molar-refractivity contribution is -0.164. The lowest BCUT2D eigenvalue weighted by atomic mass is 9.49. The van der Waals surface area contributed by atoms with E-state index in [1.807, 2.05) is 0 Å². The Labute approximate surface area is 133 Å². The van der Waals surface area contributed by atoms with Gasteiger partial charge in [-0.25, -0.2) is 0 Å². The van der Waals surface area contributed by atoms with E-state index in [2.05, 4.69) is 10.2 Å². The molecule has 4 saturated carbocycles. The molecule has 4 N–H and O–H groups in total. The first-order chi connectivity index (χ1) is 10.6. The van der Waals surface area contributed by atoms with Crippen molar-refractivity contribution < 1.29 is 9.90 Å². The van der Waals surface area contributed by atoms with Crippen molar-refractivity contribution in [1.29, 1.82) is 0 Å². The maximum atomic E-state index is 11.3. The van der Waals surface area contributed by atoms with Crippen molar-refractivity contribution in [2.75, 3.05) is 39.3 Å². The van der Waals surface area contributed by atoms with E-state index in [0.29, 0.717) is 0 Å². The van der Waals surface area contributed by atoms with Crippen LogP contribution in [0.15, 0.2) is 0 Å². The first-order valence-electron chi connectivity index (χ1n) is 8.98. The second-order valence-corrected chi connectivity index (χ2v) is 7.88. The summed E-state index contributed by atoms with van der Waals surface area (Å²) in [4.78, 5) is 13.6. The van der Waals surface area contributed by atoms with Crippen molar-refractivity contribution in [3.05, 3.63) is 0 Å². The molecule has 5 heteroatoms. The summed E-state index contributed by atoms with van der Waals surface area (Å²) in [5.74, 6) is 1.75. The number of nitrogens with two attached hydrogens (primary N) is 1. The summed E-state index contributed by atoms with van der Waals surface area (Å²) < 4.78 is 0. The van der Waals surface area contributed by atoms with Crippen LogP contribution in [0.3, 0.4) is 0 Å². The van der Waals surface area contributed by atoms with E-state index in [9.17, 15) is 9.90 Å². The molecule has 0 amide bonds. The fourth-order valence-electron chi connectivity index (χ4n) is 5.49. The molecule has 5 rings (SSSR count). The van der Waals surface area contributed by atoms with Crippen LogP contribution in [0.2, 0.25) is 0 Å². The Kier molecular flexibility index (Phi) is 5.05. The summed E-state index contributed by atoms with van der Waals surface area (Å²) in [6, 6.07) is 0. The summed E-state index contributed by atoms with van der Waals surface area (Å²) in [5, 5.41) is 12.6. The molecule has 1 heterocycles. The average Bonchev–Trinajstić information content (AvgIpc) is 2.48. The topological polar surface area (TPSA) is 78.6 Å². The number of hydrogen-bond donors (Lipinski definition) is 3. The fraction of sp³-hybridized carbons (Fsp3) is 0.941. The van der Waals surface area contributed by atoms with Gasteiger partial charge >= 0.3 is 5.97 Å². The molecule has 22 heavy (non-hydrogen) atoms. The van der Waals surface area contributed by atoms with Gasteiger partial charge in [0.1, 0.15) is 0 Å². The van der Waals surface area contributed by atoms with Crippen LogP contribution < -0.4 is 11.1 Å². The Morgan fingerprint density at radius 3 is 2.00 bits per heavy atom. The van der Waals surface area contributed by atoms with Gasteiger partial charge in [0.25, 0.3) is 0 Å². The molecule has 126 valence electrons. The Bertz CT molecular complexity index is 355. The molecular weight excluding hydrogens is 278 g/mol. The van der Waals surface area contributed by atoms with E-state index in [4.69, 9.17) is 5.73 Å². The molecule has 0 unspecified atom stereocenters. The van der Waals surface area contributed by atoms with Gasteiger partial charge < -0.3 is 16.2 Å². The van der Waals surface area contributed by atoms with Crippen molar-refractivity contribution in [1.82, 2.24) is 10.2 Å². The minimum atomic E-state index is -0.508. The molecule has 4 bridgehead atoms. The number of carboxylic acid groups (broad SMARTS) is 1. The van der Waals surface area contributed by atoms with Gasteiger partial charge in [0.2, 0.25) is 0 Å². The first-order valence-corrected chi connectivity index (χ1v) is 8.98. The number of hydrogen-bond acceptors (Lipinski definition) is 4. The van der Waals surface area contributed by atoms with Crippen LogP contribution >= 0.6 is 0 Å². The summed E-state index contributed by atoms with van der Waals surface area (Å²) in [5.41, 5.74) is 5.11. The fourth-order valence-corrected chi connectivity index (χ4v) is 5.49. The van der Waals surface area contributed by atoms with E-state index in [-0.39, 0.29) is 5.41 Å². The normalized spacial score (nSPS) is 40.1. The molecular formula is C17H31N3O2. The third kappa shape index (κ3) is 3.47. The largest absolute Gasteiger partial charge is 0.481 e. The minimum Gasteiger partial charge on any atom is -0.481 e. The predicted octanol–water partition coefficient (Wildman–Crippen LogP) is 1.14. The van der Waals surface area contributed by atoms with Crippen LogP contribution in [-0.4, -0.2) is 55.2 Å². The maximum absolute atomic E-state index is 11.3. The van der Waals surface area contributed by atoms with Crippen LogP contribution in [0.25, 0.3) is 0 Å². The third-order valence-electron chi connectivity index (χ3n) is 6.15. The second kappa shape index (κ2) is 6.85. The zero-order valence-corrected chi connectivity index (χ0v) is 13.6. The summed E-state index contributed by atoms with van der Waals surface area (Å²) in [7, 11) is 0. The number of nitrogens with zero attached hydrogens (tertiary/aromatic N) is 1. The van der Waals surface area contributed by atoms with Gasteiger partial charge in [-0.1, -0.05) is 0 Å². The zero-order chi connectivity index (χ0) is 15.6. The molecule has 0 aromatic heterocycles. The van der Waals surface area contributed by atoms with Crippen molar-refractivity contribution in [2.24, 2.45) is 28.9 Å². The average molecular weight is 309 g/mol. The first kappa shape index (κ1) is 16.2. The highest BCUT2D eigenvalue weighted by Gasteiger charge is 2.54. The van der Waals surface area contributed by atoms with E-state index < -0.39 is 5.97 Å². The van der Waals surface area contributed by atoms with E-state index in [1.54, 1.807) is 0 Å². The Morgan fingerprint density at radius 1 is 1.09 bits per heavy atom. The molecule has 0 atom stereocenters. The summed E-state index contributed by atoms with van der Waals surface area (Å²) in [6.07, 6.45) is 6.92. The Morgan fingerprint density at radius 2 is 1.59 bits per heavy atom. The summed E-state index contributed by atoms with van der Waals surface area (Å²) >= 11 is 0. The van der Waals surface area contributed by atoms with Gasteiger partial charge in [-0.3, -0.25) is 9.69 Å². The highest BCUT2D eigenvalue weighted by atomic mass is 16.4. The van der Waals surface area contributed by atoms with Gasteiger partial charge in [0.15, 0.2) is 0 Å². The van der Waals surface area contributed by atoms with Gasteiger partial charge in [0, 0.05) is 39.3 Å². The third-order valence-corrected chi connectivity index (χ3v) is 6.15. The predicted molar refractivity (Wildman–Crippen MR) is 86.6 cm³/mol. The summed E-state index contributed by atoms with van der Waals surface area (Å²) in [6.45, 7) is 6.43. The lowest BCUT2D eigenvalue weighted by Gasteiger charge is -2.54. The van der Waals surface area contributed by atoms with E-state index >= 15 is 0 Å². The Hall–Kier alpha value is -0.650. The monoisotopic (exact) mass is 309 g/mol. The molecule has 5 aliphatic rings. The van der Waals surface area contributed by atoms with Gasteiger partial charge in [-0.15, -0.1) is 0 Å². The van der Waals surface area contributed by atoms with Crippen molar-refractivity contribution >= 4 is 5.97 Å². The molecule has 0 aromatic carbocycles. The van der Waals surface area contributed by atoms with Crippen LogP contribution in [0, 0.1) is 23.2 Å². The molecule has 0 radical (unpaired) electrons. The number of carbonyl (C=O) groups is 1. The van der Waals surface area contributed by atoms with Gasteiger partial charge in [0.05, 0.1) is 5.41 Å². The van der Waals surface area contributed by atoms with Crippen LogP contribution in [0.1, 0.15) is 38.5 Å².